The van der Waals surface area contributed by atoms with Crippen LogP contribution in [0.3, 0.4) is 0 Å². The second-order valence-corrected chi connectivity index (χ2v) is 4.72. The number of aromatic nitrogens is 1. The van der Waals surface area contributed by atoms with Gasteiger partial charge < -0.3 is 5.11 Å². The molecule has 1 N–H and O–H groups in total. The number of nitrogens with zero attached hydrogens (tertiary/aromatic N) is 1. The number of carbonyl (C=O) groups is 1. The summed E-state index contributed by atoms with van der Waals surface area (Å²) in [6.07, 6.45) is 3.87. The molecule has 1 heterocycles. The Labute approximate surface area is 112 Å². The topological polar surface area (TPSA) is 50.2 Å². The standard InChI is InChI=1S/C16H17NO2/c1-12(13-6-3-2-4-7-13)10-15(16(18)19)14-8-5-9-17-11-14/h2-9,11-12,15H,10H2,1H3,(H,18,19)/t12-,15-/m0/s1. The number of pyridine rings is 1. The van der Waals surface area contributed by atoms with Crippen LogP contribution < -0.4 is 0 Å². The Morgan fingerprint density at radius 3 is 2.42 bits per heavy atom. The number of rotatable bonds is 5. The predicted octanol–water partition coefficient (Wildman–Crippen LogP) is 3.44. The van der Waals surface area contributed by atoms with Gasteiger partial charge in [0, 0.05) is 12.4 Å². The Morgan fingerprint density at radius 2 is 1.84 bits per heavy atom. The van der Waals surface area contributed by atoms with Crippen LogP contribution in [-0.2, 0) is 4.79 Å². The quantitative estimate of drug-likeness (QED) is 0.890. The third-order valence-corrected chi connectivity index (χ3v) is 3.34. The van der Waals surface area contributed by atoms with Gasteiger partial charge in [0.2, 0.25) is 0 Å². The van der Waals surface area contributed by atoms with Crippen molar-refractivity contribution in [2.75, 3.05) is 0 Å². The number of benzene rings is 1. The molecule has 2 rings (SSSR count). The fourth-order valence-electron chi connectivity index (χ4n) is 2.23. The van der Waals surface area contributed by atoms with Crippen LogP contribution in [-0.4, -0.2) is 16.1 Å². The molecule has 0 saturated carbocycles. The third-order valence-electron chi connectivity index (χ3n) is 3.34. The molecule has 2 atom stereocenters. The maximum absolute atomic E-state index is 11.4. The summed E-state index contributed by atoms with van der Waals surface area (Å²) < 4.78 is 0. The van der Waals surface area contributed by atoms with Gasteiger partial charge in [-0.2, -0.15) is 0 Å². The van der Waals surface area contributed by atoms with Crippen LogP contribution in [0.5, 0.6) is 0 Å². The Bertz CT molecular complexity index is 525. The molecular formula is C16H17NO2. The van der Waals surface area contributed by atoms with Gasteiger partial charge in [-0.25, -0.2) is 0 Å². The highest BCUT2D eigenvalue weighted by Crippen LogP contribution is 2.29. The van der Waals surface area contributed by atoms with Crippen LogP contribution in [0.25, 0.3) is 0 Å². The first-order valence-corrected chi connectivity index (χ1v) is 6.36. The highest BCUT2D eigenvalue weighted by atomic mass is 16.4. The van der Waals surface area contributed by atoms with Crippen LogP contribution in [0.15, 0.2) is 54.9 Å². The predicted molar refractivity (Wildman–Crippen MR) is 74.1 cm³/mol. The van der Waals surface area contributed by atoms with E-state index in [2.05, 4.69) is 11.9 Å². The number of hydrogen-bond donors (Lipinski definition) is 1. The van der Waals surface area contributed by atoms with Crippen molar-refractivity contribution in [3.63, 3.8) is 0 Å². The SMILES string of the molecule is C[C@@H](C[C@H](C(=O)O)c1cccnc1)c1ccccc1. The van der Waals surface area contributed by atoms with Gasteiger partial charge in [-0.3, -0.25) is 9.78 Å². The van der Waals surface area contributed by atoms with Gasteiger partial charge in [0.05, 0.1) is 5.92 Å². The molecule has 0 saturated heterocycles. The average Bonchev–Trinajstić information content (AvgIpc) is 2.46. The number of hydrogen-bond acceptors (Lipinski definition) is 2. The molecule has 19 heavy (non-hydrogen) atoms. The first kappa shape index (κ1) is 13.3. The average molecular weight is 255 g/mol. The first-order chi connectivity index (χ1) is 9.18. The summed E-state index contributed by atoms with van der Waals surface area (Å²) in [5.41, 5.74) is 1.93. The van der Waals surface area contributed by atoms with Crippen molar-refractivity contribution in [1.29, 1.82) is 0 Å². The van der Waals surface area contributed by atoms with E-state index in [1.165, 1.54) is 0 Å². The maximum atomic E-state index is 11.4. The lowest BCUT2D eigenvalue weighted by molar-refractivity contribution is -0.139. The lowest BCUT2D eigenvalue weighted by Crippen LogP contribution is -2.14. The van der Waals surface area contributed by atoms with E-state index in [0.29, 0.717) is 6.42 Å². The summed E-state index contributed by atoms with van der Waals surface area (Å²) in [6.45, 7) is 2.06. The van der Waals surface area contributed by atoms with Gasteiger partial charge in [-0.05, 0) is 29.5 Å². The van der Waals surface area contributed by atoms with Crippen molar-refractivity contribution in [3.05, 3.63) is 66.0 Å². The summed E-state index contributed by atoms with van der Waals surface area (Å²) in [4.78, 5) is 15.4. The highest BCUT2D eigenvalue weighted by Gasteiger charge is 2.23. The smallest absolute Gasteiger partial charge is 0.311 e. The maximum Gasteiger partial charge on any atom is 0.311 e. The molecule has 1 aromatic heterocycles. The Kier molecular flexibility index (Phi) is 4.29. The number of aliphatic carboxylic acids is 1. The van der Waals surface area contributed by atoms with Gasteiger partial charge in [0.15, 0.2) is 0 Å². The molecule has 0 aliphatic heterocycles. The normalized spacial score (nSPS) is 13.7. The van der Waals surface area contributed by atoms with E-state index >= 15 is 0 Å². The van der Waals surface area contributed by atoms with E-state index in [-0.39, 0.29) is 5.92 Å². The molecule has 0 radical (unpaired) electrons. The van der Waals surface area contributed by atoms with Crippen LogP contribution in [0, 0.1) is 0 Å². The van der Waals surface area contributed by atoms with Crippen LogP contribution >= 0.6 is 0 Å². The molecule has 0 spiro atoms. The monoisotopic (exact) mass is 255 g/mol. The lowest BCUT2D eigenvalue weighted by Gasteiger charge is -2.18. The Balaban J connectivity index is 2.16. The van der Waals surface area contributed by atoms with Gasteiger partial charge in [0.25, 0.3) is 0 Å². The van der Waals surface area contributed by atoms with Crippen LogP contribution in [0.2, 0.25) is 0 Å². The molecule has 98 valence electrons. The van der Waals surface area contributed by atoms with Crippen molar-refractivity contribution >= 4 is 5.97 Å². The molecule has 0 fully saturated rings. The molecule has 2 aromatic rings. The van der Waals surface area contributed by atoms with Gasteiger partial charge in [0.1, 0.15) is 0 Å². The van der Waals surface area contributed by atoms with E-state index in [4.69, 9.17) is 0 Å². The van der Waals surface area contributed by atoms with Crippen molar-refractivity contribution in [2.45, 2.75) is 25.2 Å². The fourth-order valence-corrected chi connectivity index (χ4v) is 2.23. The number of carboxylic acid groups (broad SMARTS) is 1. The first-order valence-electron chi connectivity index (χ1n) is 6.36. The van der Waals surface area contributed by atoms with E-state index in [9.17, 15) is 9.90 Å². The second-order valence-electron chi connectivity index (χ2n) is 4.72. The van der Waals surface area contributed by atoms with Crippen molar-refractivity contribution in [1.82, 2.24) is 4.98 Å². The minimum atomic E-state index is -0.796. The van der Waals surface area contributed by atoms with E-state index in [1.54, 1.807) is 18.5 Å². The minimum absolute atomic E-state index is 0.197. The van der Waals surface area contributed by atoms with E-state index in [0.717, 1.165) is 11.1 Å². The molecule has 3 nitrogen and oxygen atoms in total. The van der Waals surface area contributed by atoms with Gasteiger partial charge >= 0.3 is 5.97 Å². The Hall–Kier alpha value is -2.16. The van der Waals surface area contributed by atoms with E-state index in [1.807, 2.05) is 36.4 Å². The van der Waals surface area contributed by atoms with E-state index < -0.39 is 11.9 Å². The van der Waals surface area contributed by atoms with Gasteiger partial charge in [-0.1, -0.05) is 43.3 Å². The molecule has 0 aliphatic rings. The zero-order chi connectivity index (χ0) is 13.7. The minimum Gasteiger partial charge on any atom is -0.481 e. The van der Waals surface area contributed by atoms with Crippen LogP contribution in [0.4, 0.5) is 0 Å². The molecule has 3 heteroatoms. The van der Waals surface area contributed by atoms with Crippen molar-refractivity contribution in [2.24, 2.45) is 0 Å². The van der Waals surface area contributed by atoms with Gasteiger partial charge in [-0.15, -0.1) is 0 Å². The highest BCUT2D eigenvalue weighted by molar-refractivity contribution is 5.76. The zero-order valence-corrected chi connectivity index (χ0v) is 10.9. The van der Waals surface area contributed by atoms with Crippen molar-refractivity contribution in [3.8, 4) is 0 Å². The second kappa shape index (κ2) is 6.14. The molecule has 0 amide bonds. The van der Waals surface area contributed by atoms with Crippen LogP contribution in [0.1, 0.15) is 36.3 Å². The summed E-state index contributed by atoms with van der Waals surface area (Å²) >= 11 is 0. The molecule has 0 unspecified atom stereocenters. The molecule has 0 aliphatic carbocycles. The summed E-state index contributed by atoms with van der Waals surface area (Å²) in [5, 5.41) is 9.39. The zero-order valence-electron chi connectivity index (χ0n) is 10.9. The summed E-state index contributed by atoms with van der Waals surface area (Å²) in [6, 6.07) is 13.6. The van der Waals surface area contributed by atoms with Crippen molar-refractivity contribution < 1.29 is 9.90 Å². The molecule has 1 aromatic carbocycles. The fraction of sp³-hybridized carbons (Fsp3) is 0.250. The molecular weight excluding hydrogens is 238 g/mol. The number of carboxylic acids is 1. The largest absolute Gasteiger partial charge is 0.481 e. The molecule has 0 bridgehead atoms. The summed E-state index contributed by atoms with van der Waals surface area (Å²) in [5.74, 6) is -1.11. The Morgan fingerprint density at radius 1 is 1.16 bits per heavy atom. The lowest BCUT2D eigenvalue weighted by atomic mass is 9.87. The third kappa shape index (κ3) is 3.41. The summed E-state index contributed by atoms with van der Waals surface area (Å²) in [7, 11) is 0.